The predicted molar refractivity (Wildman–Crippen MR) is 25.0 cm³/mol. The van der Waals surface area contributed by atoms with Gasteiger partial charge in [-0.15, -0.1) is 0 Å². The molecular weight excluding hydrogens is 112 g/mol. The molecule has 0 atom stereocenters. The summed E-state index contributed by atoms with van der Waals surface area (Å²) in [6.45, 7) is 0. The summed E-state index contributed by atoms with van der Waals surface area (Å²) in [6, 6.07) is 3.30. The Balaban J connectivity index is 2.96. The van der Waals surface area contributed by atoms with Crippen molar-refractivity contribution in [2.24, 2.45) is 0 Å². The van der Waals surface area contributed by atoms with Gasteiger partial charge < -0.3 is 4.42 Å². The summed E-state index contributed by atoms with van der Waals surface area (Å²) < 4.78 is 14.4. The normalized spacial score (nSPS) is 8.57. The highest BCUT2D eigenvalue weighted by molar-refractivity contribution is 7.65. The molecular formula is C4H3O2S+. The second-order valence-electron chi connectivity index (χ2n) is 1.02. The highest BCUT2D eigenvalue weighted by atomic mass is 32.1. The Labute approximate surface area is 44.6 Å². The lowest BCUT2D eigenvalue weighted by molar-refractivity contribution is 0.465. The molecule has 0 radical (unpaired) electrons. The van der Waals surface area contributed by atoms with Crippen LogP contribution >= 0.6 is 0 Å². The molecule has 0 aromatic carbocycles. The third-order valence-corrected chi connectivity index (χ3v) is 0.974. The molecule has 1 rings (SSSR count). The fourth-order valence-corrected chi connectivity index (χ4v) is 0.540. The molecule has 7 heavy (non-hydrogen) atoms. The first kappa shape index (κ1) is 4.46. The van der Waals surface area contributed by atoms with Crippen molar-refractivity contribution in [3.05, 3.63) is 18.4 Å². The number of hydrogen-bond donors (Lipinski definition) is 0. The molecule has 3 heteroatoms. The van der Waals surface area contributed by atoms with E-state index in [1.165, 1.54) is 6.26 Å². The summed E-state index contributed by atoms with van der Waals surface area (Å²) in [7, 11) is 0. The van der Waals surface area contributed by atoms with Crippen LogP contribution in [0.2, 0.25) is 0 Å². The van der Waals surface area contributed by atoms with E-state index in [-0.39, 0.29) is 0 Å². The molecule has 0 saturated heterocycles. The van der Waals surface area contributed by atoms with Gasteiger partial charge in [0, 0.05) is 4.21 Å². The van der Waals surface area contributed by atoms with E-state index in [2.05, 4.69) is 4.42 Å². The zero-order chi connectivity index (χ0) is 5.11. The SMILES string of the molecule is O=[S+]c1ccco1. The average Bonchev–Trinajstić information content (AvgIpc) is 2.14. The molecule has 0 unspecified atom stereocenters. The van der Waals surface area contributed by atoms with Crippen LogP contribution in [0, 0.1) is 0 Å². The average molecular weight is 115 g/mol. The first-order valence-corrected chi connectivity index (χ1v) is 2.51. The fourth-order valence-electron chi connectivity index (χ4n) is 0.311. The maximum atomic E-state index is 9.82. The Kier molecular flexibility index (Phi) is 1.17. The molecule has 0 aliphatic carbocycles. The molecule has 0 saturated carbocycles. The summed E-state index contributed by atoms with van der Waals surface area (Å²) in [5.41, 5.74) is 0. The third kappa shape index (κ3) is 0.838. The second kappa shape index (κ2) is 1.84. The maximum Gasteiger partial charge on any atom is 0.547 e. The molecule has 0 aliphatic heterocycles. The Bertz CT molecular complexity index is 145. The van der Waals surface area contributed by atoms with Crippen molar-refractivity contribution in [2.75, 3.05) is 0 Å². The lowest BCUT2D eigenvalue weighted by Gasteiger charge is -1.52. The van der Waals surface area contributed by atoms with Crippen LogP contribution < -0.4 is 0 Å². The number of furan rings is 1. The van der Waals surface area contributed by atoms with Crippen LogP contribution in [0.3, 0.4) is 0 Å². The lowest BCUT2D eigenvalue weighted by Crippen LogP contribution is -1.56. The maximum absolute atomic E-state index is 9.82. The minimum atomic E-state index is 0.359. The van der Waals surface area contributed by atoms with Gasteiger partial charge in [-0.05, 0) is 6.07 Å². The molecule has 1 heterocycles. The van der Waals surface area contributed by atoms with Gasteiger partial charge in [-0.2, -0.15) is 0 Å². The van der Waals surface area contributed by atoms with Crippen molar-refractivity contribution in [3.63, 3.8) is 0 Å². The molecule has 1 aromatic heterocycles. The highest BCUT2D eigenvalue weighted by Gasteiger charge is 2.05. The van der Waals surface area contributed by atoms with Crippen LogP contribution in [-0.2, 0) is 15.9 Å². The molecule has 0 amide bonds. The van der Waals surface area contributed by atoms with E-state index < -0.39 is 0 Å². The first-order chi connectivity index (χ1) is 3.43. The van der Waals surface area contributed by atoms with E-state index in [1.54, 1.807) is 12.1 Å². The molecule has 2 nitrogen and oxygen atoms in total. The summed E-state index contributed by atoms with van der Waals surface area (Å²) in [4.78, 5) is 0. The summed E-state index contributed by atoms with van der Waals surface area (Å²) >= 11 is 0.359. The van der Waals surface area contributed by atoms with Crippen LogP contribution in [0.5, 0.6) is 0 Å². The van der Waals surface area contributed by atoms with Gasteiger partial charge >= 0.3 is 16.8 Å². The minimum absolute atomic E-state index is 0.359. The Morgan fingerprint density at radius 3 is 2.86 bits per heavy atom. The largest absolute Gasteiger partial charge is 0.547 e. The molecule has 0 N–H and O–H groups in total. The highest BCUT2D eigenvalue weighted by Crippen LogP contribution is 1.96. The minimum Gasteiger partial charge on any atom is -0.415 e. The van der Waals surface area contributed by atoms with Crippen molar-refractivity contribution in [3.8, 4) is 0 Å². The van der Waals surface area contributed by atoms with Crippen LogP contribution in [0.25, 0.3) is 0 Å². The zero-order valence-corrected chi connectivity index (χ0v) is 4.27. The van der Waals surface area contributed by atoms with Gasteiger partial charge in [-0.3, -0.25) is 0 Å². The Morgan fingerprint density at radius 2 is 2.57 bits per heavy atom. The lowest BCUT2D eigenvalue weighted by atomic mass is 10.7. The summed E-state index contributed by atoms with van der Waals surface area (Å²) in [5.74, 6) is 0. The van der Waals surface area contributed by atoms with Crippen LogP contribution in [-0.4, -0.2) is 0 Å². The van der Waals surface area contributed by atoms with Gasteiger partial charge in [-0.1, -0.05) is 0 Å². The topological polar surface area (TPSA) is 30.2 Å². The van der Waals surface area contributed by atoms with Crippen molar-refractivity contribution in [2.45, 2.75) is 5.09 Å². The first-order valence-electron chi connectivity index (χ1n) is 1.77. The van der Waals surface area contributed by atoms with Gasteiger partial charge in [0.2, 0.25) is 0 Å². The van der Waals surface area contributed by atoms with E-state index in [4.69, 9.17) is 0 Å². The van der Waals surface area contributed by atoms with E-state index >= 15 is 0 Å². The van der Waals surface area contributed by atoms with Gasteiger partial charge in [0.05, 0.1) is 12.3 Å². The fraction of sp³-hybridized carbons (Fsp3) is 0. The molecule has 0 spiro atoms. The van der Waals surface area contributed by atoms with Gasteiger partial charge in [0.1, 0.15) is 0 Å². The van der Waals surface area contributed by atoms with Gasteiger partial charge in [-0.25, -0.2) is 0 Å². The van der Waals surface area contributed by atoms with E-state index in [0.29, 0.717) is 16.8 Å². The third-order valence-electron chi connectivity index (χ3n) is 0.577. The quantitative estimate of drug-likeness (QED) is 0.512. The van der Waals surface area contributed by atoms with E-state index in [1.807, 2.05) is 0 Å². The molecule has 1 aromatic rings. The van der Waals surface area contributed by atoms with Gasteiger partial charge in [0.15, 0.2) is 0 Å². The molecule has 36 valence electrons. The van der Waals surface area contributed by atoms with Crippen LogP contribution in [0.15, 0.2) is 27.9 Å². The Morgan fingerprint density at radius 1 is 1.71 bits per heavy atom. The molecule has 0 aliphatic rings. The second-order valence-corrected chi connectivity index (χ2v) is 1.58. The van der Waals surface area contributed by atoms with Gasteiger partial charge in [0.25, 0.3) is 0 Å². The smallest absolute Gasteiger partial charge is 0.415 e. The van der Waals surface area contributed by atoms with E-state index in [0.717, 1.165) is 0 Å². The number of hydrogen-bond acceptors (Lipinski definition) is 2. The molecule has 0 fully saturated rings. The Hall–Kier alpha value is -0.700. The zero-order valence-electron chi connectivity index (χ0n) is 3.46. The van der Waals surface area contributed by atoms with Crippen molar-refractivity contribution in [1.29, 1.82) is 0 Å². The van der Waals surface area contributed by atoms with E-state index in [9.17, 15) is 4.21 Å². The van der Waals surface area contributed by atoms with Crippen molar-refractivity contribution >= 4 is 11.7 Å². The monoisotopic (exact) mass is 115 g/mol. The van der Waals surface area contributed by atoms with Crippen LogP contribution in [0.4, 0.5) is 0 Å². The predicted octanol–water partition coefficient (Wildman–Crippen LogP) is 1.07. The summed E-state index contributed by atoms with van der Waals surface area (Å²) in [5, 5.41) is 0.417. The number of rotatable bonds is 1. The summed E-state index contributed by atoms with van der Waals surface area (Å²) in [6.07, 6.45) is 1.47. The van der Waals surface area contributed by atoms with Crippen LogP contribution in [0.1, 0.15) is 0 Å². The van der Waals surface area contributed by atoms with Crippen molar-refractivity contribution in [1.82, 2.24) is 0 Å². The standard InChI is InChI=1S/C4H3O2S/c5-7-4-2-1-3-6-4/h1-3H/q+1. The molecule has 0 bridgehead atoms. The van der Waals surface area contributed by atoms with Crippen molar-refractivity contribution < 1.29 is 8.63 Å².